The van der Waals surface area contributed by atoms with Gasteiger partial charge in [0.25, 0.3) is 0 Å². The molecule has 21 heavy (non-hydrogen) atoms. The number of carboxylic acids is 1. The lowest BCUT2D eigenvalue weighted by Gasteiger charge is -2.38. The van der Waals surface area contributed by atoms with Gasteiger partial charge in [0, 0.05) is 32.2 Å². The third-order valence-electron chi connectivity index (χ3n) is 3.71. The summed E-state index contributed by atoms with van der Waals surface area (Å²) >= 11 is 1.23. The molecular weight excluding hydrogens is 290 g/mol. The Morgan fingerprint density at radius 3 is 2.81 bits per heavy atom. The number of thioether (sulfide) groups is 1. The van der Waals surface area contributed by atoms with E-state index in [2.05, 4.69) is 40.9 Å². The Balaban J connectivity index is 2.16. The molecule has 0 aliphatic carbocycles. The molecule has 1 fully saturated rings. The second-order valence-electron chi connectivity index (χ2n) is 5.39. The number of rotatable bonds is 6. The first-order valence-electron chi connectivity index (χ1n) is 7.26. The van der Waals surface area contributed by atoms with Crippen LogP contribution in [0.2, 0.25) is 0 Å². The fourth-order valence-corrected chi connectivity index (χ4v) is 3.08. The fraction of sp³-hybridized carbons (Fsp3) is 0.769. The van der Waals surface area contributed by atoms with Crippen molar-refractivity contribution in [3.05, 3.63) is 0 Å². The number of aliphatic carboxylic acids is 1. The Morgan fingerprint density at radius 1 is 1.43 bits per heavy atom. The van der Waals surface area contributed by atoms with E-state index in [0.29, 0.717) is 11.2 Å². The average Bonchev–Trinajstić information content (AvgIpc) is 2.83. The summed E-state index contributed by atoms with van der Waals surface area (Å²) in [6, 6.07) is 0.473. The van der Waals surface area contributed by atoms with E-state index < -0.39 is 5.97 Å². The number of carboxylic acid groups (broad SMARTS) is 1. The smallest absolute Gasteiger partial charge is 0.313 e. The number of hydrogen-bond donors (Lipinski definition) is 1. The molecule has 1 aromatic heterocycles. The van der Waals surface area contributed by atoms with E-state index in [1.165, 1.54) is 11.8 Å². The third kappa shape index (κ3) is 3.88. The van der Waals surface area contributed by atoms with Crippen LogP contribution in [0.15, 0.2) is 5.16 Å². The van der Waals surface area contributed by atoms with Crippen molar-refractivity contribution in [3.8, 4) is 0 Å². The minimum atomic E-state index is -0.833. The van der Waals surface area contributed by atoms with Crippen LogP contribution >= 0.6 is 11.8 Å². The molecule has 1 saturated heterocycles. The maximum Gasteiger partial charge on any atom is 0.313 e. The third-order valence-corrected chi connectivity index (χ3v) is 4.66. The van der Waals surface area contributed by atoms with Crippen molar-refractivity contribution >= 4 is 23.7 Å². The molecule has 1 aliphatic heterocycles. The predicted octanol–water partition coefficient (Wildman–Crippen LogP) is 1.01. The van der Waals surface area contributed by atoms with Gasteiger partial charge in [-0.05, 0) is 20.4 Å². The van der Waals surface area contributed by atoms with Gasteiger partial charge in [-0.3, -0.25) is 9.36 Å². The number of likely N-dealkylation sites (N-methyl/N-ethyl adjacent to an activating group) is 1. The zero-order valence-electron chi connectivity index (χ0n) is 12.8. The molecule has 0 saturated carbocycles. The quantitative estimate of drug-likeness (QED) is 0.785. The Labute approximate surface area is 129 Å². The lowest BCUT2D eigenvalue weighted by atomic mass is 10.2. The van der Waals surface area contributed by atoms with Crippen molar-refractivity contribution in [1.29, 1.82) is 0 Å². The Kier molecular flexibility index (Phi) is 5.46. The molecule has 8 heteroatoms. The van der Waals surface area contributed by atoms with Gasteiger partial charge >= 0.3 is 5.97 Å². The summed E-state index contributed by atoms with van der Waals surface area (Å²) in [5, 5.41) is 18.0. The van der Waals surface area contributed by atoms with Gasteiger partial charge in [0.1, 0.15) is 0 Å². The van der Waals surface area contributed by atoms with Gasteiger partial charge < -0.3 is 14.9 Å². The second kappa shape index (κ2) is 7.13. The van der Waals surface area contributed by atoms with Gasteiger partial charge in [0.15, 0.2) is 5.16 Å². The minimum Gasteiger partial charge on any atom is -0.481 e. The normalized spacial score (nSPS) is 20.0. The van der Waals surface area contributed by atoms with Crippen LogP contribution in [0.3, 0.4) is 0 Å². The molecule has 2 heterocycles. The molecule has 7 nitrogen and oxygen atoms in total. The number of hydrogen-bond acceptors (Lipinski definition) is 6. The lowest BCUT2D eigenvalue weighted by Crippen LogP contribution is -2.50. The summed E-state index contributed by atoms with van der Waals surface area (Å²) in [6.07, 6.45) is 0.967. The average molecular weight is 313 g/mol. The predicted molar refractivity (Wildman–Crippen MR) is 83.0 cm³/mol. The maximum atomic E-state index is 10.7. The molecule has 1 atom stereocenters. The van der Waals surface area contributed by atoms with E-state index in [4.69, 9.17) is 5.11 Å². The van der Waals surface area contributed by atoms with Crippen molar-refractivity contribution in [1.82, 2.24) is 19.7 Å². The molecule has 0 spiro atoms. The number of carbonyl (C=O) groups is 1. The Hall–Kier alpha value is -1.28. The van der Waals surface area contributed by atoms with Gasteiger partial charge in [0.05, 0.1) is 5.75 Å². The Bertz CT molecular complexity index is 493. The zero-order chi connectivity index (χ0) is 15.4. The van der Waals surface area contributed by atoms with Crippen LogP contribution in [-0.4, -0.2) is 69.2 Å². The van der Waals surface area contributed by atoms with E-state index in [-0.39, 0.29) is 5.75 Å². The van der Waals surface area contributed by atoms with Gasteiger partial charge in [-0.1, -0.05) is 18.7 Å². The summed E-state index contributed by atoms with van der Waals surface area (Å²) in [6.45, 7) is 7.95. The summed E-state index contributed by atoms with van der Waals surface area (Å²) in [5.41, 5.74) is 0. The van der Waals surface area contributed by atoms with Gasteiger partial charge in [-0.15, -0.1) is 10.2 Å². The second-order valence-corrected chi connectivity index (χ2v) is 6.33. The summed E-state index contributed by atoms with van der Waals surface area (Å²) in [4.78, 5) is 15.3. The van der Waals surface area contributed by atoms with Crippen LogP contribution in [0.4, 0.5) is 5.95 Å². The van der Waals surface area contributed by atoms with E-state index in [9.17, 15) is 4.79 Å². The first-order chi connectivity index (χ1) is 10.0. The fourth-order valence-electron chi connectivity index (χ4n) is 2.40. The highest BCUT2D eigenvalue weighted by Gasteiger charge is 2.25. The van der Waals surface area contributed by atoms with Crippen LogP contribution in [-0.2, 0) is 11.3 Å². The standard InChI is InChI=1S/C13H23N5O2S/c1-4-5-18-12(14-15-13(18)21-9-11(19)20)17-7-6-16(3)10(2)8-17/h10H,4-9H2,1-3H3,(H,19,20). The van der Waals surface area contributed by atoms with Crippen LogP contribution in [0, 0.1) is 0 Å². The topological polar surface area (TPSA) is 74.5 Å². The molecular formula is C13H23N5O2S. The largest absolute Gasteiger partial charge is 0.481 e. The SMILES string of the molecule is CCCn1c(SCC(=O)O)nnc1N1CCN(C)C(C)C1. The van der Waals surface area contributed by atoms with Crippen LogP contribution in [0.5, 0.6) is 0 Å². The molecule has 0 aromatic carbocycles. The number of piperazine rings is 1. The van der Waals surface area contributed by atoms with E-state index in [0.717, 1.165) is 38.5 Å². The molecule has 1 aromatic rings. The van der Waals surface area contributed by atoms with Gasteiger partial charge in [-0.25, -0.2) is 0 Å². The number of anilines is 1. The van der Waals surface area contributed by atoms with E-state index >= 15 is 0 Å². The summed E-state index contributed by atoms with van der Waals surface area (Å²) in [5.74, 6) is 0.0477. The van der Waals surface area contributed by atoms with Crippen LogP contribution in [0.1, 0.15) is 20.3 Å². The number of aromatic nitrogens is 3. The molecule has 0 radical (unpaired) electrons. The van der Waals surface area contributed by atoms with Crippen molar-refractivity contribution in [3.63, 3.8) is 0 Å². The summed E-state index contributed by atoms with van der Waals surface area (Å²) < 4.78 is 2.05. The van der Waals surface area contributed by atoms with Crippen molar-refractivity contribution in [2.75, 3.05) is 37.3 Å². The highest BCUT2D eigenvalue weighted by atomic mass is 32.2. The van der Waals surface area contributed by atoms with Crippen LogP contribution in [0.25, 0.3) is 0 Å². The van der Waals surface area contributed by atoms with Gasteiger partial charge in [0.2, 0.25) is 5.95 Å². The molecule has 0 amide bonds. The highest BCUT2D eigenvalue weighted by molar-refractivity contribution is 7.99. The monoisotopic (exact) mass is 313 g/mol. The molecule has 0 bridgehead atoms. The molecule has 1 N–H and O–H groups in total. The number of nitrogens with zero attached hydrogens (tertiary/aromatic N) is 5. The lowest BCUT2D eigenvalue weighted by molar-refractivity contribution is -0.133. The molecule has 2 rings (SSSR count). The molecule has 1 unspecified atom stereocenters. The first-order valence-corrected chi connectivity index (χ1v) is 8.24. The van der Waals surface area contributed by atoms with Crippen molar-refractivity contribution < 1.29 is 9.90 Å². The van der Waals surface area contributed by atoms with E-state index in [1.54, 1.807) is 0 Å². The molecule has 118 valence electrons. The Morgan fingerprint density at radius 2 is 2.19 bits per heavy atom. The van der Waals surface area contributed by atoms with Crippen molar-refractivity contribution in [2.24, 2.45) is 0 Å². The highest BCUT2D eigenvalue weighted by Crippen LogP contribution is 2.24. The first kappa shape index (κ1) is 16.1. The van der Waals surface area contributed by atoms with Crippen molar-refractivity contribution in [2.45, 2.75) is 38.0 Å². The van der Waals surface area contributed by atoms with Crippen LogP contribution < -0.4 is 4.90 Å². The molecule has 1 aliphatic rings. The maximum absolute atomic E-state index is 10.7. The van der Waals surface area contributed by atoms with Gasteiger partial charge in [-0.2, -0.15) is 0 Å². The minimum absolute atomic E-state index is 0.0149. The van der Waals surface area contributed by atoms with E-state index in [1.807, 2.05) is 4.57 Å². The zero-order valence-corrected chi connectivity index (χ0v) is 13.6. The summed E-state index contributed by atoms with van der Waals surface area (Å²) in [7, 11) is 2.13.